The fraction of sp³-hybridized carbons (Fsp3) is 0.333. The van der Waals surface area contributed by atoms with E-state index < -0.39 is 29.6 Å². The zero-order valence-corrected chi connectivity index (χ0v) is 51.0. The van der Waals surface area contributed by atoms with Crippen molar-refractivity contribution >= 4 is 81.0 Å². The highest BCUT2D eigenvalue weighted by Gasteiger charge is 2.32. The van der Waals surface area contributed by atoms with E-state index in [2.05, 4.69) is 4.90 Å². The zero-order chi connectivity index (χ0) is 64.6. The van der Waals surface area contributed by atoms with Crippen molar-refractivity contribution in [3.63, 3.8) is 0 Å². The largest absolute Gasteiger partial charge is 0.497 e. The maximum absolute atomic E-state index is 13.4. The third-order valence-electron chi connectivity index (χ3n) is 14.8. The molecular weight excluding hydrogens is 1160 g/mol. The Morgan fingerprint density at radius 1 is 0.578 bits per heavy atom. The number of amides is 4. The molecule has 0 spiro atoms. The van der Waals surface area contributed by atoms with E-state index in [9.17, 15) is 38.4 Å². The van der Waals surface area contributed by atoms with Gasteiger partial charge in [0.25, 0.3) is 16.7 Å². The van der Waals surface area contributed by atoms with E-state index in [1.807, 2.05) is 68.1 Å². The minimum absolute atomic E-state index is 0.00607. The summed E-state index contributed by atoms with van der Waals surface area (Å²) >= 11 is 0. The Bertz CT molecular complexity index is 4070. The molecule has 6 heterocycles. The molecule has 0 bridgehead atoms. The number of carbonyl (C=O) groups excluding carboxylic acids is 5. The highest BCUT2D eigenvalue weighted by molar-refractivity contribution is 5.97. The third kappa shape index (κ3) is 17.2. The number of ether oxygens (including phenoxy) is 8. The standard InChI is InChI=1S/C34H42N4O7.C17H18N2O5.C15H14N2O4/c1-34(2,3)45-33(41)38(22-23-5-9-29-30(19-23)44-18-17-43-29)25-11-13-36(14-12-25)15-16-37-28-21-26(42-4)7-8-27(28)24(20-32(37)40)6-10-31(35)39;1-22-12-3-4-13-11(2-5-15(18)20)8-16(21)19(14(13)9-12)10-17-23-6-7-24-17;1-21-11-3-4-12-10(2-5-14(16)19)8-15(20)17(6-7-18)13(12)9-11/h5-10,19-21,25H,11-18,22H2,1-4H3,(H2,35,39);2-5,8-9,17H,6-7,10H2,1H3,(H2,18,20);2-5,7-9H,6H2,1H3,(H2,16,19)/b10-6+;2*5-2+. The number of hydrogen-bond acceptors (Lipinski definition) is 17. The lowest BCUT2D eigenvalue weighted by atomic mass is 10.0. The number of carbonyl (C=O) groups is 5. The first-order chi connectivity index (χ1) is 43.1. The summed E-state index contributed by atoms with van der Waals surface area (Å²) in [5.74, 6) is 1.47. The predicted octanol–water partition coefficient (Wildman–Crippen LogP) is 5.77. The topological polar surface area (TPSA) is 310 Å². The molecule has 474 valence electrons. The Hall–Kier alpha value is -10.0. The van der Waals surface area contributed by atoms with Crippen LogP contribution in [0.4, 0.5) is 4.79 Å². The summed E-state index contributed by atoms with van der Waals surface area (Å²) in [6, 6.07) is 26.2. The van der Waals surface area contributed by atoms with E-state index in [0.29, 0.717) is 109 Å². The van der Waals surface area contributed by atoms with Gasteiger partial charge in [0, 0.05) is 110 Å². The molecule has 2 saturated heterocycles. The molecule has 2 fully saturated rings. The van der Waals surface area contributed by atoms with Crippen molar-refractivity contribution in [3.05, 3.63) is 163 Å². The molecule has 0 saturated carbocycles. The van der Waals surface area contributed by atoms with Crippen LogP contribution >= 0.6 is 0 Å². The number of likely N-dealkylation sites (tertiary alicyclic amines) is 1. The number of nitrogens with two attached hydrogens (primary N) is 3. The second-order valence-corrected chi connectivity index (χ2v) is 22.0. The van der Waals surface area contributed by atoms with Crippen LogP contribution < -0.4 is 57.6 Å². The molecule has 0 atom stereocenters. The third-order valence-corrected chi connectivity index (χ3v) is 14.8. The van der Waals surface area contributed by atoms with E-state index in [1.165, 1.54) is 60.3 Å². The summed E-state index contributed by atoms with van der Waals surface area (Å²) in [5.41, 5.74) is 18.8. The maximum atomic E-state index is 13.4. The Balaban J connectivity index is 0.000000194. The molecule has 3 aliphatic rings. The van der Waals surface area contributed by atoms with Crippen LogP contribution in [0.25, 0.3) is 50.9 Å². The van der Waals surface area contributed by atoms with Gasteiger partial charge in [0.2, 0.25) is 17.7 Å². The number of fused-ring (bicyclic) bond motifs is 4. The molecule has 7 aromatic rings. The van der Waals surface area contributed by atoms with Crippen LogP contribution in [0.15, 0.2) is 124 Å². The zero-order valence-electron chi connectivity index (χ0n) is 51.0. The Labute approximate surface area is 518 Å². The van der Waals surface area contributed by atoms with Gasteiger partial charge in [0.1, 0.15) is 42.3 Å². The maximum Gasteiger partial charge on any atom is 0.410 e. The summed E-state index contributed by atoms with van der Waals surface area (Å²) in [6.07, 6.45) is 9.63. The lowest BCUT2D eigenvalue weighted by Crippen LogP contribution is -2.49. The summed E-state index contributed by atoms with van der Waals surface area (Å²) in [4.78, 5) is 99.4. The number of benzene rings is 4. The van der Waals surface area contributed by atoms with Crippen molar-refractivity contribution in [1.82, 2.24) is 23.5 Å². The van der Waals surface area contributed by atoms with Gasteiger partial charge in [-0.2, -0.15) is 0 Å². The van der Waals surface area contributed by atoms with Gasteiger partial charge in [-0.3, -0.25) is 28.8 Å². The van der Waals surface area contributed by atoms with Crippen LogP contribution in [0.2, 0.25) is 0 Å². The Morgan fingerprint density at radius 3 is 1.50 bits per heavy atom. The Kier molecular flexibility index (Phi) is 22.2. The van der Waals surface area contributed by atoms with Crippen LogP contribution in [0.1, 0.15) is 55.9 Å². The highest BCUT2D eigenvalue weighted by Crippen LogP contribution is 2.33. The highest BCUT2D eigenvalue weighted by atomic mass is 16.7. The number of rotatable bonds is 19. The first kappa shape index (κ1) is 65.9. The second-order valence-electron chi connectivity index (χ2n) is 22.0. The number of pyridine rings is 3. The number of hydrogen-bond donors (Lipinski definition) is 3. The number of piperidine rings is 1. The normalized spacial score (nSPS) is 14.5. The second kappa shape index (κ2) is 30.2. The molecule has 0 unspecified atom stereocenters. The van der Waals surface area contributed by atoms with Crippen molar-refractivity contribution < 1.29 is 61.9 Å². The molecule has 6 N–H and O–H groups in total. The van der Waals surface area contributed by atoms with Crippen molar-refractivity contribution in [2.45, 2.75) is 77.7 Å². The molecule has 10 rings (SSSR count). The van der Waals surface area contributed by atoms with Crippen molar-refractivity contribution in [3.8, 4) is 28.7 Å². The molecule has 4 aromatic carbocycles. The molecular formula is C66H74N8O16. The molecule has 4 amide bonds. The van der Waals surface area contributed by atoms with Gasteiger partial charge in [-0.05, 0) is 123 Å². The summed E-state index contributed by atoms with van der Waals surface area (Å²) in [6.45, 7) is 10.9. The number of aromatic nitrogens is 3. The lowest BCUT2D eigenvalue weighted by molar-refractivity contribution is -0.114. The minimum atomic E-state index is -0.618. The summed E-state index contributed by atoms with van der Waals surface area (Å²) in [7, 11) is 4.66. The van der Waals surface area contributed by atoms with Crippen LogP contribution in [-0.4, -0.2) is 139 Å². The van der Waals surface area contributed by atoms with Gasteiger partial charge in [-0.15, -0.1) is 0 Å². The monoisotopic (exact) mass is 1230 g/mol. The molecule has 3 aromatic heterocycles. The molecule has 0 aliphatic carbocycles. The number of primary amides is 3. The molecule has 0 radical (unpaired) electrons. The Morgan fingerprint density at radius 2 is 1.03 bits per heavy atom. The van der Waals surface area contributed by atoms with Crippen LogP contribution in [0.3, 0.4) is 0 Å². The summed E-state index contributed by atoms with van der Waals surface area (Å²) in [5, 5.41) is 2.33. The van der Waals surface area contributed by atoms with Gasteiger partial charge < -0.3 is 83.4 Å². The minimum Gasteiger partial charge on any atom is -0.497 e. The van der Waals surface area contributed by atoms with Crippen molar-refractivity contribution in [1.29, 1.82) is 0 Å². The van der Waals surface area contributed by atoms with Gasteiger partial charge in [-0.25, -0.2) is 4.79 Å². The van der Waals surface area contributed by atoms with Gasteiger partial charge in [0.05, 0.1) is 64.2 Å². The van der Waals surface area contributed by atoms with E-state index >= 15 is 0 Å². The van der Waals surface area contributed by atoms with Crippen molar-refractivity contribution in [2.24, 2.45) is 17.2 Å². The van der Waals surface area contributed by atoms with E-state index in [1.54, 1.807) is 59.8 Å². The smallest absolute Gasteiger partial charge is 0.410 e. The average Bonchev–Trinajstić information content (AvgIpc) is 0.983. The molecule has 24 nitrogen and oxygen atoms in total. The van der Waals surface area contributed by atoms with E-state index in [4.69, 9.17) is 55.1 Å². The fourth-order valence-corrected chi connectivity index (χ4v) is 10.6. The SMILES string of the molecule is COc1ccc2c(/C=C/C(N)=O)cc(=O)n(CC3OCCO3)c2c1.COc1ccc2c(/C=C/C(N)=O)cc(=O)n(CC=O)c2c1.COc1ccc2c(/C=C/C(N)=O)cc(=O)n(CCN3CCC(N(Cc4ccc5c(c4)OCCO5)C(=O)OC(C)(C)C)CC3)c2c1. The van der Waals surface area contributed by atoms with E-state index in [-0.39, 0.29) is 41.9 Å². The molecule has 24 heteroatoms. The van der Waals surface area contributed by atoms with Crippen LogP contribution in [0.5, 0.6) is 28.7 Å². The first-order valence-electron chi connectivity index (χ1n) is 29.0. The number of methoxy groups -OCH3 is 3. The lowest BCUT2D eigenvalue weighted by Gasteiger charge is -2.39. The molecule has 3 aliphatic heterocycles. The van der Waals surface area contributed by atoms with Crippen LogP contribution in [-0.2, 0) is 59.6 Å². The van der Waals surface area contributed by atoms with Crippen molar-refractivity contribution in [2.75, 3.05) is 67.4 Å². The van der Waals surface area contributed by atoms with E-state index in [0.717, 1.165) is 53.2 Å². The van der Waals surface area contributed by atoms with Gasteiger partial charge in [-0.1, -0.05) is 6.07 Å². The summed E-state index contributed by atoms with van der Waals surface area (Å²) < 4.78 is 48.6. The quantitative estimate of drug-likeness (QED) is 0.0639. The first-order valence-corrected chi connectivity index (χ1v) is 29.0. The van der Waals surface area contributed by atoms with Crippen LogP contribution in [0, 0.1) is 0 Å². The number of aldehydes is 1. The van der Waals surface area contributed by atoms with Gasteiger partial charge in [0.15, 0.2) is 17.8 Å². The average molecular weight is 1240 g/mol. The fourth-order valence-electron chi connectivity index (χ4n) is 10.6. The predicted molar refractivity (Wildman–Crippen MR) is 339 cm³/mol. The van der Waals surface area contributed by atoms with Gasteiger partial charge >= 0.3 is 6.09 Å². The number of nitrogens with zero attached hydrogens (tertiary/aromatic N) is 5. The molecule has 90 heavy (non-hydrogen) atoms.